The zero-order chi connectivity index (χ0) is 15.8. The molecule has 0 saturated heterocycles. The molecule has 0 bridgehead atoms. The molecule has 0 fully saturated rings. The summed E-state index contributed by atoms with van der Waals surface area (Å²) in [6.07, 6.45) is 4.84. The lowest BCUT2D eigenvalue weighted by Gasteiger charge is -2.08. The molecule has 1 atom stereocenters. The SMILES string of the molecule is C=CCC1=C(OCC(C)C=C)C(=O)O/C1=C/C(=O)OCC. The van der Waals surface area contributed by atoms with Gasteiger partial charge in [-0.15, -0.1) is 13.2 Å². The van der Waals surface area contributed by atoms with Crippen molar-refractivity contribution < 1.29 is 23.8 Å². The molecule has 21 heavy (non-hydrogen) atoms. The number of carbonyl (C=O) groups excluding carboxylic acids is 2. The number of ether oxygens (including phenoxy) is 3. The van der Waals surface area contributed by atoms with Crippen LogP contribution in [-0.2, 0) is 23.8 Å². The first kappa shape index (κ1) is 16.8. The lowest BCUT2D eigenvalue weighted by Crippen LogP contribution is -2.08. The predicted molar refractivity (Wildman–Crippen MR) is 78.0 cm³/mol. The van der Waals surface area contributed by atoms with Crippen LogP contribution >= 0.6 is 0 Å². The Kier molecular flexibility index (Phi) is 6.46. The Morgan fingerprint density at radius 2 is 2.14 bits per heavy atom. The van der Waals surface area contributed by atoms with Gasteiger partial charge in [0, 0.05) is 11.5 Å². The van der Waals surface area contributed by atoms with Crippen LogP contribution in [-0.4, -0.2) is 25.2 Å². The minimum atomic E-state index is -0.612. The van der Waals surface area contributed by atoms with Gasteiger partial charge in [-0.1, -0.05) is 19.1 Å². The Labute approximate surface area is 124 Å². The maximum absolute atomic E-state index is 11.9. The molecular weight excluding hydrogens is 272 g/mol. The topological polar surface area (TPSA) is 61.8 Å². The van der Waals surface area contributed by atoms with Gasteiger partial charge < -0.3 is 14.2 Å². The van der Waals surface area contributed by atoms with E-state index in [1.54, 1.807) is 19.1 Å². The van der Waals surface area contributed by atoms with Crippen molar-refractivity contribution in [2.75, 3.05) is 13.2 Å². The molecule has 0 aromatic carbocycles. The van der Waals surface area contributed by atoms with Crippen LogP contribution in [0, 0.1) is 5.92 Å². The van der Waals surface area contributed by atoms with Gasteiger partial charge in [-0.05, 0) is 13.3 Å². The third kappa shape index (κ3) is 4.63. The van der Waals surface area contributed by atoms with E-state index in [-0.39, 0.29) is 24.0 Å². The standard InChI is InChI=1S/C16H20O5/c1-5-8-12-13(9-14(17)19-7-3)21-16(18)15(12)20-10-11(4)6-2/h5-6,9,11H,1-2,7-8,10H2,3-4H3/b13-9+. The van der Waals surface area contributed by atoms with Crippen LogP contribution in [0.25, 0.3) is 0 Å². The number of cyclic esters (lactones) is 1. The molecule has 1 aliphatic heterocycles. The van der Waals surface area contributed by atoms with Crippen molar-refractivity contribution in [1.29, 1.82) is 0 Å². The van der Waals surface area contributed by atoms with Gasteiger partial charge in [-0.25, -0.2) is 9.59 Å². The molecule has 114 valence electrons. The number of hydrogen-bond donors (Lipinski definition) is 0. The van der Waals surface area contributed by atoms with Crippen molar-refractivity contribution in [3.8, 4) is 0 Å². The second-order valence-corrected chi connectivity index (χ2v) is 4.47. The summed E-state index contributed by atoms with van der Waals surface area (Å²) < 4.78 is 15.4. The molecule has 1 heterocycles. The van der Waals surface area contributed by atoms with Gasteiger partial charge in [0.15, 0.2) is 0 Å². The molecule has 0 saturated carbocycles. The first-order valence-electron chi connectivity index (χ1n) is 6.73. The molecule has 5 nitrogen and oxygen atoms in total. The third-order valence-corrected chi connectivity index (χ3v) is 2.74. The smallest absolute Gasteiger partial charge is 0.379 e. The van der Waals surface area contributed by atoms with E-state index in [0.717, 1.165) is 6.08 Å². The fraction of sp³-hybridized carbons (Fsp3) is 0.375. The van der Waals surface area contributed by atoms with Crippen molar-refractivity contribution in [3.05, 3.63) is 48.5 Å². The summed E-state index contributed by atoms with van der Waals surface area (Å²) in [5.41, 5.74) is 0.499. The molecule has 1 rings (SSSR count). The van der Waals surface area contributed by atoms with E-state index in [1.165, 1.54) is 0 Å². The first-order chi connectivity index (χ1) is 10.0. The average Bonchev–Trinajstić information content (AvgIpc) is 2.72. The van der Waals surface area contributed by atoms with Gasteiger partial charge in [0.25, 0.3) is 0 Å². The normalized spacial score (nSPS) is 17.4. The van der Waals surface area contributed by atoms with Crippen molar-refractivity contribution in [2.24, 2.45) is 5.92 Å². The van der Waals surface area contributed by atoms with Gasteiger partial charge in [0.2, 0.25) is 5.76 Å². The van der Waals surface area contributed by atoms with E-state index in [9.17, 15) is 9.59 Å². The largest absolute Gasteiger partial charge is 0.486 e. The lowest BCUT2D eigenvalue weighted by atomic mass is 10.1. The minimum Gasteiger partial charge on any atom is -0.486 e. The maximum atomic E-state index is 11.9. The molecule has 0 amide bonds. The Morgan fingerprint density at radius 1 is 1.43 bits per heavy atom. The fourth-order valence-electron chi connectivity index (χ4n) is 1.62. The lowest BCUT2D eigenvalue weighted by molar-refractivity contribution is -0.138. The van der Waals surface area contributed by atoms with E-state index >= 15 is 0 Å². The van der Waals surface area contributed by atoms with Gasteiger partial charge >= 0.3 is 11.9 Å². The molecule has 0 aromatic rings. The highest BCUT2D eigenvalue weighted by molar-refractivity contribution is 5.94. The molecule has 0 radical (unpaired) electrons. The van der Waals surface area contributed by atoms with E-state index in [4.69, 9.17) is 14.2 Å². The molecule has 5 heteroatoms. The number of esters is 2. The van der Waals surface area contributed by atoms with Crippen molar-refractivity contribution >= 4 is 11.9 Å². The highest BCUT2D eigenvalue weighted by atomic mass is 16.6. The van der Waals surface area contributed by atoms with E-state index in [0.29, 0.717) is 18.6 Å². The van der Waals surface area contributed by atoms with Crippen LogP contribution in [0.2, 0.25) is 0 Å². The first-order valence-corrected chi connectivity index (χ1v) is 6.73. The van der Waals surface area contributed by atoms with Crippen molar-refractivity contribution in [2.45, 2.75) is 20.3 Å². The van der Waals surface area contributed by atoms with E-state index in [2.05, 4.69) is 13.2 Å². The summed E-state index contributed by atoms with van der Waals surface area (Å²) >= 11 is 0. The monoisotopic (exact) mass is 292 g/mol. The minimum absolute atomic E-state index is 0.0911. The molecular formula is C16H20O5. The summed E-state index contributed by atoms with van der Waals surface area (Å²) in [7, 11) is 0. The molecule has 1 unspecified atom stereocenters. The van der Waals surface area contributed by atoms with Crippen LogP contribution in [0.1, 0.15) is 20.3 Å². The summed E-state index contributed by atoms with van der Waals surface area (Å²) in [6.45, 7) is 11.4. The maximum Gasteiger partial charge on any atom is 0.379 e. The third-order valence-electron chi connectivity index (χ3n) is 2.74. The number of carbonyl (C=O) groups is 2. The zero-order valence-electron chi connectivity index (χ0n) is 12.4. The molecule has 0 aromatic heterocycles. The van der Waals surface area contributed by atoms with Gasteiger partial charge in [-0.3, -0.25) is 0 Å². The summed E-state index contributed by atoms with van der Waals surface area (Å²) in [4.78, 5) is 23.3. The molecule has 0 N–H and O–H groups in total. The number of allylic oxidation sites excluding steroid dienone is 2. The van der Waals surface area contributed by atoms with E-state index < -0.39 is 11.9 Å². The van der Waals surface area contributed by atoms with Crippen molar-refractivity contribution in [3.63, 3.8) is 0 Å². The second kappa shape index (κ2) is 8.09. The van der Waals surface area contributed by atoms with Gasteiger partial charge in [0.1, 0.15) is 5.76 Å². The Hall–Kier alpha value is -2.30. The van der Waals surface area contributed by atoms with E-state index in [1.807, 2.05) is 6.92 Å². The Bertz CT molecular complexity index is 499. The van der Waals surface area contributed by atoms with Crippen LogP contribution in [0.15, 0.2) is 48.5 Å². The molecule has 0 spiro atoms. The van der Waals surface area contributed by atoms with Gasteiger partial charge in [0.05, 0.1) is 19.3 Å². The highest BCUT2D eigenvalue weighted by Crippen LogP contribution is 2.30. The fourth-order valence-corrected chi connectivity index (χ4v) is 1.62. The number of hydrogen-bond acceptors (Lipinski definition) is 5. The van der Waals surface area contributed by atoms with Gasteiger partial charge in [-0.2, -0.15) is 0 Å². The summed E-state index contributed by atoms with van der Waals surface area (Å²) in [5.74, 6) is -0.826. The molecule has 1 aliphatic rings. The van der Waals surface area contributed by atoms with Crippen LogP contribution < -0.4 is 0 Å². The number of rotatable bonds is 8. The van der Waals surface area contributed by atoms with Crippen molar-refractivity contribution in [1.82, 2.24) is 0 Å². The predicted octanol–water partition coefficient (Wildman–Crippen LogP) is 2.66. The second-order valence-electron chi connectivity index (χ2n) is 4.47. The quantitative estimate of drug-likeness (QED) is 0.391. The van der Waals surface area contributed by atoms with Crippen LogP contribution in [0.5, 0.6) is 0 Å². The highest BCUT2D eigenvalue weighted by Gasteiger charge is 2.31. The van der Waals surface area contributed by atoms with Crippen LogP contribution in [0.3, 0.4) is 0 Å². The molecule has 0 aliphatic carbocycles. The Morgan fingerprint density at radius 3 is 2.71 bits per heavy atom. The zero-order valence-corrected chi connectivity index (χ0v) is 12.4. The Balaban J connectivity index is 2.99. The summed E-state index contributed by atoms with van der Waals surface area (Å²) in [5, 5.41) is 0. The average molecular weight is 292 g/mol. The van der Waals surface area contributed by atoms with Crippen LogP contribution in [0.4, 0.5) is 0 Å². The summed E-state index contributed by atoms with van der Waals surface area (Å²) in [6, 6.07) is 0.